The van der Waals surface area contributed by atoms with Crippen LogP contribution in [0.15, 0.2) is 45.7 Å². The molecule has 2 rings (SSSR count). The molecule has 1 N–H and O–H groups in total. The second-order valence-electron chi connectivity index (χ2n) is 2.82. The fraction of sp³-hybridized carbons (Fsp3) is 0. The summed E-state index contributed by atoms with van der Waals surface area (Å²) in [6, 6.07) is 7.86. The molecule has 0 saturated carbocycles. The molecule has 5 heteroatoms. The van der Waals surface area contributed by atoms with Gasteiger partial charge in [-0.05, 0) is 44.0 Å². The number of para-hydroxylation sites is 1. The zero-order chi connectivity index (χ0) is 10.7. The van der Waals surface area contributed by atoms with Crippen molar-refractivity contribution in [2.45, 2.75) is 0 Å². The van der Waals surface area contributed by atoms with Crippen LogP contribution >= 0.6 is 31.9 Å². The maximum atomic E-state index is 4.12. The van der Waals surface area contributed by atoms with E-state index in [1.165, 1.54) is 6.33 Å². The van der Waals surface area contributed by atoms with Crippen LogP contribution in [0.25, 0.3) is 0 Å². The smallest absolute Gasteiger partial charge is 0.148 e. The summed E-state index contributed by atoms with van der Waals surface area (Å²) in [7, 11) is 0. The van der Waals surface area contributed by atoms with E-state index in [0.717, 1.165) is 20.5 Å². The number of benzene rings is 1. The van der Waals surface area contributed by atoms with Gasteiger partial charge in [0.05, 0.1) is 10.2 Å². The van der Waals surface area contributed by atoms with Crippen LogP contribution in [0.4, 0.5) is 11.5 Å². The van der Waals surface area contributed by atoms with Crippen molar-refractivity contribution in [1.82, 2.24) is 9.97 Å². The van der Waals surface area contributed by atoms with Gasteiger partial charge in [0.2, 0.25) is 0 Å². The van der Waals surface area contributed by atoms with Crippen LogP contribution in [0.5, 0.6) is 0 Å². The second kappa shape index (κ2) is 4.72. The molecule has 0 aliphatic carbocycles. The van der Waals surface area contributed by atoms with Crippen molar-refractivity contribution in [1.29, 1.82) is 0 Å². The minimum Gasteiger partial charge on any atom is -0.338 e. The molecule has 0 bridgehead atoms. The van der Waals surface area contributed by atoms with Crippen molar-refractivity contribution in [3.63, 3.8) is 0 Å². The molecule has 0 saturated heterocycles. The van der Waals surface area contributed by atoms with Crippen molar-refractivity contribution in [2.24, 2.45) is 0 Å². The number of halogens is 2. The Morgan fingerprint density at radius 1 is 1.07 bits per heavy atom. The topological polar surface area (TPSA) is 37.8 Å². The molecule has 3 nitrogen and oxygen atoms in total. The summed E-state index contributed by atoms with van der Waals surface area (Å²) in [5, 5.41) is 3.20. The fourth-order valence-corrected chi connectivity index (χ4v) is 1.80. The van der Waals surface area contributed by atoms with E-state index in [1.807, 2.05) is 24.3 Å². The van der Waals surface area contributed by atoms with Crippen LogP contribution in [0, 0.1) is 0 Å². The van der Waals surface area contributed by atoms with E-state index < -0.39 is 0 Å². The molecule has 0 amide bonds. The van der Waals surface area contributed by atoms with Gasteiger partial charge < -0.3 is 5.32 Å². The van der Waals surface area contributed by atoms with Gasteiger partial charge in [0, 0.05) is 10.7 Å². The van der Waals surface area contributed by atoms with Crippen LogP contribution in [0.1, 0.15) is 0 Å². The Morgan fingerprint density at radius 3 is 2.60 bits per heavy atom. The van der Waals surface area contributed by atoms with Crippen molar-refractivity contribution >= 4 is 43.4 Å². The van der Waals surface area contributed by atoms with Crippen molar-refractivity contribution in [3.8, 4) is 0 Å². The lowest BCUT2D eigenvalue weighted by Gasteiger charge is -2.08. The molecule has 0 aliphatic heterocycles. The first-order valence-electron chi connectivity index (χ1n) is 4.24. The number of aromatic nitrogens is 2. The van der Waals surface area contributed by atoms with Crippen molar-refractivity contribution < 1.29 is 0 Å². The maximum absolute atomic E-state index is 4.12. The summed E-state index contributed by atoms with van der Waals surface area (Å²) in [5.41, 5.74) is 0.969. The summed E-state index contributed by atoms with van der Waals surface area (Å²) in [6.07, 6.45) is 3.20. The van der Waals surface area contributed by atoms with E-state index >= 15 is 0 Å². The van der Waals surface area contributed by atoms with E-state index in [1.54, 1.807) is 6.20 Å². The minimum atomic E-state index is 0.747. The number of nitrogens with one attached hydrogen (secondary N) is 1. The molecule has 0 fully saturated rings. The molecule has 1 heterocycles. The highest BCUT2D eigenvalue weighted by atomic mass is 79.9. The average Bonchev–Trinajstić information content (AvgIpc) is 2.24. The number of rotatable bonds is 2. The van der Waals surface area contributed by atoms with Gasteiger partial charge in [-0.2, -0.15) is 0 Å². The molecule has 0 radical (unpaired) electrons. The quantitative estimate of drug-likeness (QED) is 0.912. The van der Waals surface area contributed by atoms with Gasteiger partial charge in [-0.3, -0.25) is 0 Å². The fourth-order valence-electron chi connectivity index (χ4n) is 1.09. The normalized spacial score (nSPS) is 10.0. The van der Waals surface area contributed by atoms with Crippen LogP contribution < -0.4 is 5.32 Å². The Labute approximate surface area is 104 Å². The van der Waals surface area contributed by atoms with Gasteiger partial charge in [0.25, 0.3) is 0 Å². The van der Waals surface area contributed by atoms with Gasteiger partial charge in [-0.25, -0.2) is 9.97 Å². The molecular weight excluding hydrogens is 322 g/mol. The zero-order valence-corrected chi connectivity index (χ0v) is 10.8. The number of anilines is 2. The second-order valence-corrected chi connectivity index (χ2v) is 4.53. The minimum absolute atomic E-state index is 0.747. The first-order chi connectivity index (χ1) is 7.27. The van der Waals surface area contributed by atoms with Gasteiger partial charge in [0.1, 0.15) is 12.1 Å². The standard InChI is InChI=1S/C10H7Br2N3/c11-7-3-1-2-4-9(7)15-10-8(12)5-13-6-14-10/h1-6H,(H,13,14,15). The Balaban J connectivity index is 2.30. The lowest BCUT2D eigenvalue weighted by molar-refractivity contribution is 1.15. The highest BCUT2D eigenvalue weighted by molar-refractivity contribution is 9.11. The summed E-state index contributed by atoms with van der Waals surface area (Å²) in [5.74, 6) is 0.747. The molecule has 1 aromatic carbocycles. The maximum Gasteiger partial charge on any atom is 0.148 e. The van der Waals surface area contributed by atoms with Gasteiger partial charge in [0.15, 0.2) is 0 Å². The Bertz CT molecular complexity index is 430. The Hall–Kier alpha value is -0.940. The highest BCUT2D eigenvalue weighted by Crippen LogP contribution is 2.27. The molecule has 0 aliphatic rings. The van der Waals surface area contributed by atoms with Crippen LogP contribution in [0.2, 0.25) is 0 Å². The van der Waals surface area contributed by atoms with Gasteiger partial charge in [-0.15, -0.1) is 0 Å². The molecule has 0 unspecified atom stereocenters. The van der Waals surface area contributed by atoms with E-state index in [-0.39, 0.29) is 0 Å². The molecule has 0 atom stereocenters. The summed E-state index contributed by atoms with van der Waals surface area (Å²) >= 11 is 6.83. The van der Waals surface area contributed by atoms with E-state index in [0.29, 0.717) is 0 Å². The lowest BCUT2D eigenvalue weighted by Crippen LogP contribution is -1.95. The van der Waals surface area contributed by atoms with Gasteiger partial charge >= 0.3 is 0 Å². The third-order valence-corrected chi connectivity index (χ3v) is 3.07. The van der Waals surface area contributed by atoms with Crippen molar-refractivity contribution in [2.75, 3.05) is 5.32 Å². The third kappa shape index (κ3) is 2.54. The molecule has 2 aromatic rings. The SMILES string of the molecule is Brc1ccccc1Nc1ncncc1Br. The predicted octanol–water partition coefficient (Wildman–Crippen LogP) is 3.75. The lowest BCUT2D eigenvalue weighted by atomic mass is 10.3. The number of hydrogen-bond acceptors (Lipinski definition) is 3. The predicted molar refractivity (Wildman–Crippen MR) is 67.2 cm³/mol. The number of hydrogen-bond donors (Lipinski definition) is 1. The van der Waals surface area contributed by atoms with E-state index in [2.05, 4.69) is 47.1 Å². The first kappa shape index (κ1) is 10.6. The monoisotopic (exact) mass is 327 g/mol. The summed E-state index contributed by atoms with van der Waals surface area (Å²) in [4.78, 5) is 8.02. The summed E-state index contributed by atoms with van der Waals surface area (Å²) < 4.78 is 1.83. The zero-order valence-electron chi connectivity index (χ0n) is 7.61. The average molecular weight is 329 g/mol. The molecule has 1 aromatic heterocycles. The summed E-state index contributed by atoms with van der Waals surface area (Å²) in [6.45, 7) is 0. The number of nitrogens with zero attached hydrogens (tertiary/aromatic N) is 2. The highest BCUT2D eigenvalue weighted by Gasteiger charge is 2.03. The van der Waals surface area contributed by atoms with Gasteiger partial charge in [-0.1, -0.05) is 12.1 Å². The Morgan fingerprint density at radius 2 is 1.87 bits per heavy atom. The molecular formula is C10H7Br2N3. The first-order valence-corrected chi connectivity index (χ1v) is 5.83. The largest absolute Gasteiger partial charge is 0.338 e. The van der Waals surface area contributed by atoms with Crippen LogP contribution in [0.3, 0.4) is 0 Å². The van der Waals surface area contributed by atoms with Crippen LogP contribution in [-0.4, -0.2) is 9.97 Å². The van der Waals surface area contributed by atoms with E-state index in [4.69, 9.17) is 0 Å². The van der Waals surface area contributed by atoms with E-state index in [9.17, 15) is 0 Å². The third-order valence-electron chi connectivity index (χ3n) is 1.79. The molecule has 15 heavy (non-hydrogen) atoms. The van der Waals surface area contributed by atoms with Crippen LogP contribution in [-0.2, 0) is 0 Å². The Kier molecular flexibility index (Phi) is 3.33. The van der Waals surface area contributed by atoms with Crippen molar-refractivity contribution in [3.05, 3.63) is 45.7 Å². The molecule has 0 spiro atoms. The molecule has 76 valence electrons.